The first-order valence-electron chi connectivity index (χ1n) is 9.44. The van der Waals surface area contributed by atoms with Crippen molar-refractivity contribution in [3.05, 3.63) is 76.4 Å². The SMILES string of the molecule is Cc1ccc(Nc2cc(C)nc(NCCNS(=O)(=O)Cc3cccc(Cl)c3)n2)cc1. The van der Waals surface area contributed by atoms with E-state index in [1.54, 1.807) is 24.3 Å². The van der Waals surface area contributed by atoms with E-state index < -0.39 is 10.0 Å². The second-order valence-corrected chi connectivity index (χ2v) is 9.16. The molecule has 3 rings (SSSR count). The zero-order chi connectivity index (χ0) is 21.6. The summed E-state index contributed by atoms with van der Waals surface area (Å²) in [5.41, 5.74) is 3.54. The Morgan fingerprint density at radius 2 is 1.73 bits per heavy atom. The molecule has 0 aliphatic rings. The first kappa shape index (κ1) is 22.0. The smallest absolute Gasteiger partial charge is 0.224 e. The molecule has 3 N–H and O–H groups in total. The molecular formula is C21H24ClN5O2S. The van der Waals surface area contributed by atoms with Gasteiger partial charge in [-0.05, 0) is 43.7 Å². The summed E-state index contributed by atoms with van der Waals surface area (Å²) in [5, 5.41) is 6.81. The van der Waals surface area contributed by atoms with Gasteiger partial charge in [-0.1, -0.05) is 41.4 Å². The van der Waals surface area contributed by atoms with Gasteiger partial charge < -0.3 is 10.6 Å². The first-order valence-corrected chi connectivity index (χ1v) is 11.5. The van der Waals surface area contributed by atoms with E-state index in [4.69, 9.17) is 11.6 Å². The Bertz CT molecular complexity index is 1100. The van der Waals surface area contributed by atoms with E-state index >= 15 is 0 Å². The third-order valence-electron chi connectivity index (χ3n) is 4.15. The van der Waals surface area contributed by atoms with Gasteiger partial charge in [0.2, 0.25) is 16.0 Å². The minimum absolute atomic E-state index is 0.126. The zero-order valence-corrected chi connectivity index (χ0v) is 18.4. The van der Waals surface area contributed by atoms with Gasteiger partial charge in [-0.2, -0.15) is 4.98 Å². The normalized spacial score (nSPS) is 11.3. The Morgan fingerprint density at radius 3 is 2.47 bits per heavy atom. The summed E-state index contributed by atoms with van der Waals surface area (Å²) in [5.74, 6) is 0.966. The highest BCUT2D eigenvalue weighted by Crippen LogP contribution is 2.17. The summed E-state index contributed by atoms with van der Waals surface area (Å²) >= 11 is 5.91. The Hall–Kier alpha value is -2.68. The molecule has 0 fully saturated rings. The molecule has 0 saturated carbocycles. The van der Waals surface area contributed by atoms with Gasteiger partial charge in [0.15, 0.2) is 0 Å². The zero-order valence-electron chi connectivity index (χ0n) is 16.8. The average molecular weight is 446 g/mol. The fourth-order valence-electron chi connectivity index (χ4n) is 2.77. The molecule has 0 atom stereocenters. The predicted octanol–water partition coefficient (Wildman–Crippen LogP) is 4.02. The van der Waals surface area contributed by atoms with Crippen LogP contribution in [0.5, 0.6) is 0 Å². The highest BCUT2D eigenvalue weighted by atomic mass is 35.5. The third-order valence-corrected chi connectivity index (χ3v) is 5.75. The molecule has 0 radical (unpaired) electrons. The summed E-state index contributed by atoms with van der Waals surface area (Å²) in [6.07, 6.45) is 0. The standard InChI is InChI=1S/C21H24ClN5O2S/c1-15-6-8-19(9-7-15)26-20-12-16(2)25-21(27-20)23-10-11-24-30(28,29)14-17-4-3-5-18(22)13-17/h3-9,12-13,24H,10-11,14H2,1-2H3,(H2,23,25,26,27). The lowest BCUT2D eigenvalue weighted by molar-refractivity contribution is 0.582. The fourth-order valence-corrected chi connectivity index (χ4v) is 4.12. The van der Waals surface area contributed by atoms with E-state index in [0.29, 0.717) is 28.9 Å². The molecule has 9 heteroatoms. The van der Waals surface area contributed by atoms with Crippen LogP contribution in [0.1, 0.15) is 16.8 Å². The van der Waals surface area contributed by atoms with Gasteiger partial charge in [-0.3, -0.25) is 0 Å². The van der Waals surface area contributed by atoms with E-state index in [1.165, 1.54) is 5.56 Å². The van der Waals surface area contributed by atoms with Gasteiger partial charge in [0, 0.05) is 35.6 Å². The van der Waals surface area contributed by atoms with Gasteiger partial charge in [0.05, 0.1) is 5.75 Å². The van der Waals surface area contributed by atoms with Crippen LogP contribution in [0, 0.1) is 13.8 Å². The van der Waals surface area contributed by atoms with Crippen molar-refractivity contribution >= 4 is 39.1 Å². The van der Waals surface area contributed by atoms with Crippen molar-refractivity contribution in [2.75, 3.05) is 23.7 Å². The molecule has 0 unspecified atom stereocenters. The van der Waals surface area contributed by atoms with Crippen LogP contribution in [0.3, 0.4) is 0 Å². The van der Waals surface area contributed by atoms with Crippen molar-refractivity contribution in [2.45, 2.75) is 19.6 Å². The van der Waals surface area contributed by atoms with E-state index in [-0.39, 0.29) is 12.3 Å². The molecule has 0 bridgehead atoms. The lowest BCUT2D eigenvalue weighted by Crippen LogP contribution is -2.30. The number of benzene rings is 2. The molecule has 30 heavy (non-hydrogen) atoms. The number of anilines is 3. The van der Waals surface area contributed by atoms with Crippen LogP contribution in [-0.4, -0.2) is 31.5 Å². The number of rotatable bonds is 9. The molecule has 0 aliphatic carbocycles. The monoisotopic (exact) mass is 445 g/mol. The van der Waals surface area contributed by atoms with Crippen LogP contribution in [-0.2, 0) is 15.8 Å². The van der Waals surface area contributed by atoms with Crippen molar-refractivity contribution in [1.29, 1.82) is 0 Å². The molecule has 2 aromatic carbocycles. The molecule has 1 heterocycles. The van der Waals surface area contributed by atoms with Crippen LogP contribution in [0.25, 0.3) is 0 Å². The minimum Gasteiger partial charge on any atom is -0.353 e. The number of halogens is 1. The minimum atomic E-state index is -3.47. The lowest BCUT2D eigenvalue weighted by atomic mass is 10.2. The molecule has 3 aromatic rings. The number of nitrogens with zero attached hydrogens (tertiary/aromatic N) is 2. The average Bonchev–Trinajstić information content (AvgIpc) is 2.66. The Kier molecular flexibility index (Phi) is 7.25. The Balaban J connectivity index is 1.53. The molecule has 0 aliphatic heterocycles. The van der Waals surface area contributed by atoms with E-state index in [2.05, 4.69) is 25.3 Å². The molecule has 1 aromatic heterocycles. The quantitative estimate of drug-likeness (QED) is 0.430. The maximum absolute atomic E-state index is 12.2. The molecule has 7 nitrogen and oxygen atoms in total. The highest BCUT2D eigenvalue weighted by Gasteiger charge is 2.11. The summed E-state index contributed by atoms with van der Waals surface area (Å²) in [4.78, 5) is 8.78. The Labute approximate surface area is 182 Å². The number of nitrogens with one attached hydrogen (secondary N) is 3. The molecule has 0 saturated heterocycles. The summed E-state index contributed by atoms with van der Waals surface area (Å²) in [6.45, 7) is 4.47. The number of sulfonamides is 1. The Morgan fingerprint density at radius 1 is 0.967 bits per heavy atom. The summed E-state index contributed by atoms with van der Waals surface area (Å²) < 4.78 is 27.0. The largest absolute Gasteiger partial charge is 0.353 e. The summed E-state index contributed by atoms with van der Waals surface area (Å²) in [6, 6.07) is 16.7. The van der Waals surface area contributed by atoms with E-state index in [0.717, 1.165) is 11.4 Å². The second-order valence-electron chi connectivity index (χ2n) is 6.92. The van der Waals surface area contributed by atoms with Crippen LogP contribution >= 0.6 is 11.6 Å². The maximum Gasteiger partial charge on any atom is 0.224 e. The van der Waals surface area contributed by atoms with Gasteiger partial charge in [0.25, 0.3) is 0 Å². The van der Waals surface area contributed by atoms with Crippen LogP contribution < -0.4 is 15.4 Å². The molecule has 158 valence electrons. The van der Waals surface area contributed by atoms with Gasteiger partial charge in [-0.15, -0.1) is 0 Å². The van der Waals surface area contributed by atoms with Crippen molar-refractivity contribution in [3.63, 3.8) is 0 Å². The fraction of sp³-hybridized carbons (Fsp3) is 0.238. The van der Waals surface area contributed by atoms with Crippen molar-refractivity contribution in [2.24, 2.45) is 0 Å². The summed E-state index contributed by atoms with van der Waals surface area (Å²) in [7, 11) is -3.47. The third kappa shape index (κ3) is 6.98. The van der Waals surface area contributed by atoms with Gasteiger partial charge in [0.1, 0.15) is 5.82 Å². The lowest BCUT2D eigenvalue weighted by Gasteiger charge is -2.11. The van der Waals surface area contributed by atoms with E-state index in [1.807, 2.05) is 44.2 Å². The molecular weight excluding hydrogens is 422 g/mol. The predicted molar refractivity (Wildman–Crippen MR) is 122 cm³/mol. The van der Waals surface area contributed by atoms with Crippen molar-refractivity contribution < 1.29 is 8.42 Å². The van der Waals surface area contributed by atoms with E-state index in [9.17, 15) is 8.42 Å². The maximum atomic E-state index is 12.2. The van der Waals surface area contributed by atoms with Gasteiger partial charge in [-0.25, -0.2) is 18.1 Å². The number of aromatic nitrogens is 2. The van der Waals surface area contributed by atoms with Crippen molar-refractivity contribution in [1.82, 2.24) is 14.7 Å². The van der Waals surface area contributed by atoms with Crippen LogP contribution in [0.4, 0.5) is 17.5 Å². The molecule has 0 spiro atoms. The van der Waals surface area contributed by atoms with Crippen LogP contribution in [0.15, 0.2) is 54.6 Å². The van der Waals surface area contributed by atoms with Gasteiger partial charge >= 0.3 is 0 Å². The topological polar surface area (TPSA) is 96.0 Å². The highest BCUT2D eigenvalue weighted by molar-refractivity contribution is 7.88. The first-order chi connectivity index (χ1) is 14.3. The van der Waals surface area contributed by atoms with Crippen LogP contribution in [0.2, 0.25) is 5.02 Å². The van der Waals surface area contributed by atoms with Crippen molar-refractivity contribution in [3.8, 4) is 0 Å². The number of aryl methyl sites for hydroxylation is 2. The molecule has 0 amide bonds. The second kappa shape index (κ2) is 9.88. The number of hydrogen-bond donors (Lipinski definition) is 3. The number of hydrogen-bond acceptors (Lipinski definition) is 6.